The van der Waals surface area contributed by atoms with Gasteiger partial charge in [-0.3, -0.25) is 0 Å². The molecule has 4 fully saturated rings. The summed E-state index contributed by atoms with van der Waals surface area (Å²) in [7, 11) is -1.45. The second-order valence-corrected chi connectivity index (χ2v) is 16.5. The molecule has 0 aromatic rings. The monoisotopic (exact) mass is 376 g/mol. The van der Waals surface area contributed by atoms with Crippen molar-refractivity contribution in [2.24, 2.45) is 40.4 Å². The summed E-state index contributed by atoms with van der Waals surface area (Å²) in [6.07, 6.45) is 15.5. The van der Waals surface area contributed by atoms with Crippen LogP contribution in [0, 0.1) is 40.4 Å². The van der Waals surface area contributed by atoms with Crippen molar-refractivity contribution in [1.29, 1.82) is 0 Å². The zero-order valence-corrected chi connectivity index (χ0v) is 19.4. The molecule has 0 aliphatic heterocycles. The Hall–Kier alpha value is 0.177. The summed E-state index contributed by atoms with van der Waals surface area (Å²) in [6, 6.07) is 0. The van der Waals surface area contributed by atoms with Gasteiger partial charge < -0.3 is 4.43 Å². The molecule has 0 aromatic heterocycles. The van der Waals surface area contributed by atoms with Crippen LogP contribution in [0.5, 0.6) is 0 Å². The molecule has 8 atom stereocenters. The fraction of sp³-hybridized carbons (Fsp3) is 1.00. The minimum Gasteiger partial charge on any atom is -0.415 e. The number of rotatable bonds is 3. The quantitative estimate of drug-likeness (QED) is 0.470. The summed E-state index contributed by atoms with van der Waals surface area (Å²) in [4.78, 5) is 0. The minimum atomic E-state index is -1.45. The van der Waals surface area contributed by atoms with Gasteiger partial charge in [0.2, 0.25) is 0 Å². The molecule has 0 aromatic carbocycles. The maximum absolute atomic E-state index is 6.62. The normalized spacial score (nSPS) is 49.8. The van der Waals surface area contributed by atoms with Crippen LogP contribution in [0.4, 0.5) is 0 Å². The maximum Gasteiger partial charge on any atom is 0.184 e. The number of fused-ring (bicyclic) bond motifs is 5. The molecule has 0 saturated heterocycles. The summed E-state index contributed by atoms with van der Waals surface area (Å²) in [5.41, 5.74) is 1.24. The van der Waals surface area contributed by atoms with E-state index in [0.29, 0.717) is 16.9 Å². The molecule has 26 heavy (non-hydrogen) atoms. The number of hydrogen-bond acceptors (Lipinski definition) is 1. The lowest BCUT2D eigenvalue weighted by atomic mass is 9.45. The molecule has 0 spiro atoms. The van der Waals surface area contributed by atoms with Gasteiger partial charge in [0.1, 0.15) is 0 Å². The highest BCUT2D eigenvalue weighted by molar-refractivity contribution is 6.69. The SMILES string of the molecule is C[C@@H](O[Si](C)(C)C)[C@H]1CCC2C3CC[C@H]4CCCC[C@]4(C)C3CC[C@@]21C. The maximum atomic E-state index is 6.62. The zero-order valence-electron chi connectivity index (χ0n) is 18.4. The van der Waals surface area contributed by atoms with E-state index in [4.69, 9.17) is 4.43 Å². The van der Waals surface area contributed by atoms with Gasteiger partial charge in [0.15, 0.2) is 8.32 Å². The van der Waals surface area contributed by atoms with Crippen LogP contribution in [0.1, 0.15) is 85.0 Å². The van der Waals surface area contributed by atoms with E-state index in [9.17, 15) is 0 Å². The summed E-state index contributed by atoms with van der Waals surface area (Å²) in [5, 5.41) is 0. The molecule has 0 amide bonds. The Morgan fingerprint density at radius 3 is 2.27 bits per heavy atom. The molecule has 0 heterocycles. The molecule has 4 aliphatic rings. The molecule has 4 saturated carbocycles. The first kappa shape index (κ1) is 19.5. The van der Waals surface area contributed by atoms with Gasteiger partial charge in [-0.05, 0) is 118 Å². The van der Waals surface area contributed by atoms with Crippen molar-refractivity contribution in [1.82, 2.24) is 0 Å². The molecule has 150 valence electrons. The Labute approximate surface area is 164 Å². The van der Waals surface area contributed by atoms with Crippen LogP contribution in [0.2, 0.25) is 19.6 Å². The fourth-order valence-corrected chi connectivity index (χ4v) is 10.0. The van der Waals surface area contributed by atoms with E-state index in [1.807, 2.05) is 0 Å². The van der Waals surface area contributed by atoms with E-state index < -0.39 is 8.32 Å². The van der Waals surface area contributed by atoms with Crippen molar-refractivity contribution in [2.45, 2.75) is 111 Å². The molecule has 0 radical (unpaired) electrons. The first-order valence-electron chi connectivity index (χ1n) is 11.8. The fourth-order valence-electron chi connectivity index (χ4n) is 8.75. The third-order valence-corrected chi connectivity index (χ3v) is 10.8. The van der Waals surface area contributed by atoms with Crippen LogP contribution >= 0.6 is 0 Å². The molecular weight excluding hydrogens is 332 g/mol. The first-order chi connectivity index (χ1) is 12.2. The van der Waals surface area contributed by atoms with Crippen molar-refractivity contribution in [3.05, 3.63) is 0 Å². The predicted octanol–water partition coefficient (Wildman–Crippen LogP) is 7.28. The topological polar surface area (TPSA) is 9.23 Å². The summed E-state index contributed by atoms with van der Waals surface area (Å²) < 4.78 is 6.62. The Morgan fingerprint density at radius 2 is 1.54 bits per heavy atom. The Bertz CT molecular complexity index is 525. The van der Waals surface area contributed by atoms with Gasteiger partial charge in [0.05, 0.1) is 0 Å². The smallest absolute Gasteiger partial charge is 0.184 e. The van der Waals surface area contributed by atoms with Gasteiger partial charge in [0, 0.05) is 6.10 Å². The standard InChI is InChI=1S/C24H44OSi/c1-17(25-26(4,5)6)20-12-13-21-19-11-10-18-9-7-8-15-23(18,2)22(19)14-16-24(20,21)3/h17-22H,7-16H2,1-6H3/t17-,18-,19?,20-,21?,22?,23+,24-/m1/s1. The van der Waals surface area contributed by atoms with Gasteiger partial charge >= 0.3 is 0 Å². The van der Waals surface area contributed by atoms with Gasteiger partial charge in [-0.25, -0.2) is 0 Å². The van der Waals surface area contributed by atoms with E-state index in [-0.39, 0.29) is 0 Å². The lowest BCUT2D eigenvalue weighted by molar-refractivity contribution is -0.117. The van der Waals surface area contributed by atoms with Crippen LogP contribution in [0.3, 0.4) is 0 Å². The second kappa shape index (κ2) is 6.61. The first-order valence-corrected chi connectivity index (χ1v) is 15.2. The molecule has 2 heteroatoms. The van der Waals surface area contributed by atoms with Crippen molar-refractivity contribution in [3.63, 3.8) is 0 Å². The summed E-state index contributed by atoms with van der Waals surface area (Å²) >= 11 is 0. The van der Waals surface area contributed by atoms with Crippen molar-refractivity contribution in [2.75, 3.05) is 0 Å². The summed E-state index contributed by atoms with van der Waals surface area (Å²) in [6.45, 7) is 14.9. The third-order valence-electron chi connectivity index (χ3n) is 9.76. The van der Waals surface area contributed by atoms with E-state index in [2.05, 4.69) is 40.4 Å². The second-order valence-electron chi connectivity index (χ2n) is 12.1. The molecule has 4 aliphatic carbocycles. The Balaban J connectivity index is 1.54. The van der Waals surface area contributed by atoms with Gasteiger partial charge in [-0.15, -0.1) is 0 Å². The van der Waals surface area contributed by atoms with Crippen molar-refractivity contribution >= 4 is 8.32 Å². The predicted molar refractivity (Wildman–Crippen MR) is 114 cm³/mol. The molecular formula is C24H44OSi. The van der Waals surface area contributed by atoms with Crippen LogP contribution < -0.4 is 0 Å². The highest BCUT2D eigenvalue weighted by atomic mass is 28.4. The molecule has 0 bridgehead atoms. The van der Waals surface area contributed by atoms with Crippen LogP contribution in [0.25, 0.3) is 0 Å². The average Bonchev–Trinajstić information content (AvgIpc) is 2.90. The summed E-state index contributed by atoms with van der Waals surface area (Å²) in [5.74, 6) is 4.90. The largest absolute Gasteiger partial charge is 0.415 e. The van der Waals surface area contributed by atoms with Crippen molar-refractivity contribution < 1.29 is 4.43 Å². The molecule has 0 N–H and O–H groups in total. The zero-order chi connectivity index (χ0) is 18.7. The number of hydrogen-bond donors (Lipinski definition) is 0. The van der Waals surface area contributed by atoms with E-state index in [1.165, 1.54) is 57.8 Å². The highest BCUT2D eigenvalue weighted by Gasteiger charge is 2.60. The Kier molecular flexibility index (Phi) is 4.96. The van der Waals surface area contributed by atoms with Crippen LogP contribution in [-0.4, -0.2) is 14.4 Å². The minimum absolute atomic E-state index is 0.467. The van der Waals surface area contributed by atoms with Crippen LogP contribution in [0.15, 0.2) is 0 Å². The third kappa shape index (κ3) is 3.06. The van der Waals surface area contributed by atoms with E-state index in [1.54, 1.807) is 6.42 Å². The van der Waals surface area contributed by atoms with Crippen LogP contribution in [-0.2, 0) is 4.43 Å². The average molecular weight is 377 g/mol. The lowest BCUT2D eigenvalue weighted by Crippen LogP contribution is -2.53. The molecule has 3 unspecified atom stereocenters. The molecule has 4 rings (SSSR count). The van der Waals surface area contributed by atoms with Gasteiger partial charge in [-0.1, -0.05) is 26.7 Å². The lowest BCUT2D eigenvalue weighted by Gasteiger charge is -2.61. The van der Waals surface area contributed by atoms with Crippen molar-refractivity contribution in [3.8, 4) is 0 Å². The van der Waals surface area contributed by atoms with E-state index in [0.717, 1.165) is 29.6 Å². The van der Waals surface area contributed by atoms with Gasteiger partial charge in [0.25, 0.3) is 0 Å². The van der Waals surface area contributed by atoms with Gasteiger partial charge in [-0.2, -0.15) is 0 Å². The highest BCUT2D eigenvalue weighted by Crippen LogP contribution is 2.67. The Morgan fingerprint density at radius 1 is 0.808 bits per heavy atom. The van der Waals surface area contributed by atoms with E-state index >= 15 is 0 Å². The molecule has 1 nitrogen and oxygen atoms in total.